The zero-order valence-electron chi connectivity index (χ0n) is 9.07. The van der Waals surface area contributed by atoms with Gasteiger partial charge in [-0.05, 0) is 6.07 Å². The number of carbonyl (C=O) groups is 2. The molecule has 0 saturated carbocycles. The number of nitrogen functional groups attached to an aromatic ring is 1. The zero-order chi connectivity index (χ0) is 13.3. The lowest BCUT2D eigenvalue weighted by atomic mass is 10.2. The largest absolute Gasteiger partial charge is 0.478 e. The normalized spacial score (nSPS) is 10.2. The van der Waals surface area contributed by atoms with Crippen molar-refractivity contribution in [2.45, 2.75) is 0 Å². The minimum Gasteiger partial charge on any atom is -0.478 e. The fourth-order valence-electron chi connectivity index (χ4n) is 1.38. The zero-order valence-corrected chi connectivity index (χ0v) is 9.07. The molecule has 18 heavy (non-hydrogen) atoms. The third kappa shape index (κ3) is 1.98. The van der Waals surface area contributed by atoms with Gasteiger partial charge in [-0.1, -0.05) is 0 Å². The maximum Gasteiger partial charge on any atom is 0.339 e. The van der Waals surface area contributed by atoms with Crippen LogP contribution < -0.4 is 11.5 Å². The van der Waals surface area contributed by atoms with Gasteiger partial charge in [0.1, 0.15) is 5.56 Å². The average Bonchev–Trinajstić information content (AvgIpc) is 2.78. The fourth-order valence-corrected chi connectivity index (χ4v) is 1.38. The van der Waals surface area contributed by atoms with Crippen LogP contribution in [0, 0.1) is 0 Å². The van der Waals surface area contributed by atoms with Gasteiger partial charge in [0.15, 0.2) is 5.82 Å². The Bertz CT molecular complexity index is 634. The molecule has 0 atom stereocenters. The molecule has 0 aliphatic heterocycles. The van der Waals surface area contributed by atoms with Gasteiger partial charge in [0, 0.05) is 6.20 Å². The monoisotopic (exact) mass is 247 g/mol. The van der Waals surface area contributed by atoms with Crippen LogP contribution in [0.2, 0.25) is 0 Å². The maximum atomic E-state index is 11.1. The van der Waals surface area contributed by atoms with Crippen LogP contribution in [0.1, 0.15) is 20.7 Å². The number of hydrogen-bond acceptors (Lipinski definition) is 5. The van der Waals surface area contributed by atoms with Crippen molar-refractivity contribution < 1.29 is 14.7 Å². The van der Waals surface area contributed by atoms with Crippen LogP contribution in [0.3, 0.4) is 0 Å². The maximum absolute atomic E-state index is 11.1. The summed E-state index contributed by atoms with van der Waals surface area (Å²) in [5, 5.41) is 12.9. The van der Waals surface area contributed by atoms with Crippen molar-refractivity contribution in [3.05, 3.63) is 35.8 Å². The first-order valence-corrected chi connectivity index (χ1v) is 4.82. The van der Waals surface area contributed by atoms with E-state index < -0.39 is 11.9 Å². The van der Waals surface area contributed by atoms with E-state index in [9.17, 15) is 9.59 Å². The van der Waals surface area contributed by atoms with Crippen molar-refractivity contribution in [3.63, 3.8) is 0 Å². The molecule has 8 heteroatoms. The molecule has 2 aromatic rings. The van der Waals surface area contributed by atoms with E-state index in [0.717, 1.165) is 4.68 Å². The number of amides is 1. The SMILES string of the molecule is NC(=O)c1cnn(-c2ncc(N)cc2C(=O)O)c1. The Hall–Kier alpha value is -2.90. The van der Waals surface area contributed by atoms with Gasteiger partial charge in [0.2, 0.25) is 0 Å². The number of nitrogens with zero attached hydrogens (tertiary/aromatic N) is 3. The number of rotatable bonds is 3. The third-order valence-corrected chi connectivity index (χ3v) is 2.20. The minimum absolute atomic E-state index is 0.0594. The van der Waals surface area contributed by atoms with E-state index in [1.54, 1.807) is 0 Å². The first kappa shape index (κ1) is 11.6. The molecule has 2 aromatic heterocycles. The molecule has 5 N–H and O–H groups in total. The van der Waals surface area contributed by atoms with Crippen molar-refractivity contribution in [3.8, 4) is 5.82 Å². The molecule has 1 amide bonds. The fraction of sp³-hybridized carbons (Fsp3) is 0. The Morgan fingerprint density at radius 3 is 2.61 bits per heavy atom. The molecule has 8 nitrogen and oxygen atoms in total. The van der Waals surface area contributed by atoms with Crippen LogP contribution in [0.15, 0.2) is 24.7 Å². The van der Waals surface area contributed by atoms with E-state index in [4.69, 9.17) is 16.6 Å². The van der Waals surface area contributed by atoms with Crippen LogP contribution in [0.25, 0.3) is 5.82 Å². The number of aromatic nitrogens is 3. The predicted octanol–water partition coefficient (Wildman–Crippen LogP) is -0.353. The predicted molar refractivity (Wildman–Crippen MR) is 61.2 cm³/mol. The highest BCUT2D eigenvalue weighted by Crippen LogP contribution is 2.15. The highest BCUT2D eigenvalue weighted by Gasteiger charge is 2.15. The summed E-state index contributed by atoms with van der Waals surface area (Å²) >= 11 is 0. The van der Waals surface area contributed by atoms with E-state index in [1.807, 2.05) is 0 Å². The van der Waals surface area contributed by atoms with Gasteiger partial charge in [0.25, 0.3) is 5.91 Å². The molecule has 92 valence electrons. The van der Waals surface area contributed by atoms with Crippen LogP contribution in [0.5, 0.6) is 0 Å². The van der Waals surface area contributed by atoms with Gasteiger partial charge in [-0.3, -0.25) is 4.79 Å². The topological polar surface area (TPSA) is 137 Å². The molecule has 0 fully saturated rings. The van der Waals surface area contributed by atoms with Gasteiger partial charge in [-0.25, -0.2) is 14.5 Å². The van der Waals surface area contributed by atoms with Crippen molar-refractivity contribution in [2.24, 2.45) is 5.73 Å². The van der Waals surface area contributed by atoms with Gasteiger partial charge in [0.05, 0.1) is 23.6 Å². The number of nitrogens with two attached hydrogens (primary N) is 2. The summed E-state index contributed by atoms with van der Waals surface area (Å²) in [5.74, 6) is -1.79. The molecule has 0 aromatic carbocycles. The van der Waals surface area contributed by atoms with E-state index in [1.165, 1.54) is 24.7 Å². The molecule has 0 aliphatic carbocycles. The van der Waals surface area contributed by atoms with E-state index >= 15 is 0 Å². The van der Waals surface area contributed by atoms with E-state index in [0.29, 0.717) is 0 Å². The van der Waals surface area contributed by atoms with Crippen molar-refractivity contribution >= 4 is 17.6 Å². The summed E-state index contributed by atoms with van der Waals surface area (Å²) in [5.41, 5.74) is 10.8. The Kier molecular flexibility index (Phi) is 2.68. The highest BCUT2D eigenvalue weighted by atomic mass is 16.4. The molecule has 2 rings (SSSR count). The average molecular weight is 247 g/mol. The quantitative estimate of drug-likeness (QED) is 0.677. The molecule has 0 saturated heterocycles. The summed E-state index contributed by atoms with van der Waals surface area (Å²) < 4.78 is 1.16. The molecule has 0 unspecified atom stereocenters. The van der Waals surface area contributed by atoms with Gasteiger partial charge < -0.3 is 16.6 Å². The minimum atomic E-state index is -1.19. The second-order valence-electron chi connectivity index (χ2n) is 3.48. The Balaban J connectivity index is 2.55. The number of aromatic carboxylic acids is 1. The van der Waals surface area contributed by atoms with Crippen LogP contribution in [-0.2, 0) is 0 Å². The number of carboxylic acids is 1. The summed E-state index contributed by atoms with van der Waals surface area (Å²) in [7, 11) is 0. The van der Waals surface area contributed by atoms with Crippen molar-refractivity contribution in [2.75, 3.05) is 5.73 Å². The Labute approximate surface area is 101 Å². The molecular weight excluding hydrogens is 238 g/mol. The van der Waals surface area contributed by atoms with Crippen molar-refractivity contribution in [1.29, 1.82) is 0 Å². The highest BCUT2D eigenvalue weighted by molar-refractivity contribution is 5.93. The molecular formula is C10H9N5O3. The second-order valence-corrected chi connectivity index (χ2v) is 3.48. The smallest absolute Gasteiger partial charge is 0.339 e. The Morgan fingerprint density at radius 1 is 1.33 bits per heavy atom. The number of primary amides is 1. The number of pyridine rings is 1. The van der Waals surface area contributed by atoms with E-state index in [2.05, 4.69) is 10.1 Å². The van der Waals surface area contributed by atoms with Crippen LogP contribution in [-0.4, -0.2) is 31.7 Å². The standard InChI is InChI=1S/C10H9N5O3/c11-6-1-7(10(17)18)9(13-3-6)15-4-5(2-14-15)8(12)16/h1-4H,11H2,(H2,12,16)(H,17,18). The van der Waals surface area contributed by atoms with Crippen molar-refractivity contribution in [1.82, 2.24) is 14.8 Å². The second kappa shape index (κ2) is 4.17. The lowest BCUT2D eigenvalue weighted by Crippen LogP contribution is -2.11. The summed E-state index contributed by atoms with van der Waals surface area (Å²) in [6.07, 6.45) is 3.83. The van der Waals surface area contributed by atoms with E-state index in [-0.39, 0.29) is 22.6 Å². The lowest BCUT2D eigenvalue weighted by Gasteiger charge is -2.05. The summed E-state index contributed by atoms with van der Waals surface area (Å²) in [4.78, 5) is 25.9. The summed E-state index contributed by atoms with van der Waals surface area (Å²) in [6, 6.07) is 1.26. The molecule has 2 heterocycles. The number of carbonyl (C=O) groups excluding carboxylic acids is 1. The Morgan fingerprint density at radius 2 is 2.06 bits per heavy atom. The molecule has 0 spiro atoms. The van der Waals surface area contributed by atoms with Gasteiger partial charge in [-0.2, -0.15) is 5.10 Å². The molecule has 0 bridgehead atoms. The molecule has 0 aliphatic rings. The van der Waals surface area contributed by atoms with Gasteiger partial charge in [-0.15, -0.1) is 0 Å². The first-order chi connectivity index (χ1) is 8.49. The van der Waals surface area contributed by atoms with Crippen LogP contribution in [0.4, 0.5) is 5.69 Å². The number of hydrogen-bond donors (Lipinski definition) is 3. The third-order valence-electron chi connectivity index (χ3n) is 2.20. The number of anilines is 1. The lowest BCUT2D eigenvalue weighted by molar-refractivity contribution is 0.0696. The first-order valence-electron chi connectivity index (χ1n) is 4.82. The summed E-state index contributed by atoms with van der Waals surface area (Å²) in [6.45, 7) is 0. The number of carboxylic acid groups (broad SMARTS) is 1. The molecule has 0 radical (unpaired) electrons. The van der Waals surface area contributed by atoms with Crippen LogP contribution >= 0.6 is 0 Å². The van der Waals surface area contributed by atoms with Gasteiger partial charge >= 0.3 is 5.97 Å².